The first-order chi connectivity index (χ1) is 9.09. The molecule has 2 rings (SSSR count). The molecule has 0 aliphatic rings. The number of benzene rings is 2. The average Bonchev–Trinajstić information content (AvgIpc) is 2.38. The smallest absolute Gasteiger partial charge is 0.0441 e. The zero-order valence-corrected chi connectivity index (χ0v) is 11.9. The first kappa shape index (κ1) is 13.6. The molecule has 0 aromatic heterocycles. The number of nitrogens with two attached hydrogens (primary N) is 1. The number of anilines is 2. The van der Waals surface area contributed by atoms with E-state index >= 15 is 0 Å². The fourth-order valence-electron chi connectivity index (χ4n) is 2.43. The molecule has 2 heteroatoms. The van der Waals surface area contributed by atoms with E-state index < -0.39 is 0 Å². The van der Waals surface area contributed by atoms with Crippen LogP contribution in [0.3, 0.4) is 0 Å². The molecule has 0 saturated carbocycles. The third-order valence-corrected chi connectivity index (χ3v) is 3.37. The highest BCUT2D eigenvalue weighted by molar-refractivity contribution is 5.68. The summed E-state index contributed by atoms with van der Waals surface area (Å²) in [6.45, 7) is 4.19. The Labute approximate surface area is 115 Å². The minimum absolute atomic E-state index is 0.173. The highest BCUT2D eigenvalue weighted by Crippen LogP contribution is 2.29. The molecular weight excluding hydrogens is 232 g/mol. The molecule has 0 saturated heterocycles. The van der Waals surface area contributed by atoms with Crippen LogP contribution in [0.4, 0.5) is 11.4 Å². The molecule has 0 radical (unpaired) electrons. The minimum atomic E-state index is 0.173. The van der Waals surface area contributed by atoms with Crippen LogP contribution in [0.2, 0.25) is 0 Å². The Morgan fingerprint density at radius 3 is 2.21 bits per heavy atom. The topological polar surface area (TPSA) is 29.3 Å². The molecule has 0 bridgehead atoms. The van der Waals surface area contributed by atoms with Crippen LogP contribution in [0, 0.1) is 6.92 Å². The third-order valence-electron chi connectivity index (χ3n) is 3.37. The van der Waals surface area contributed by atoms with E-state index in [0.717, 1.165) is 6.42 Å². The van der Waals surface area contributed by atoms with Gasteiger partial charge >= 0.3 is 0 Å². The third kappa shape index (κ3) is 3.15. The number of nitrogens with zero attached hydrogens (tertiary/aromatic N) is 1. The Bertz CT molecular complexity index is 546. The molecule has 100 valence electrons. The van der Waals surface area contributed by atoms with Crippen molar-refractivity contribution >= 4 is 11.4 Å². The number of aryl methyl sites for hydroxylation is 1. The van der Waals surface area contributed by atoms with Gasteiger partial charge in [0.1, 0.15) is 0 Å². The normalized spacial score (nSPS) is 12.2. The van der Waals surface area contributed by atoms with E-state index in [4.69, 9.17) is 5.73 Å². The highest BCUT2D eigenvalue weighted by Gasteiger charge is 2.11. The Balaban J connectivity index is 2.39. The summed E-state index contributed by atoms with van der Waals surface area (Å²) in [6, 6.07) is 17.1. The van der Waals surface area contributed by atoms with Crippen molar-refractivity contribution in [2.75, 3.05) is 11.9 Å². The molecular formula is C17H22N2. The van der Waals surface area contributed by atoms with Crippen LogP contribution in [0.5, 0.6) is 0 Å². The lowest BCUT2D eigenvalue weighted by Crippen LogP contribution is -2.20. The summed E-state index contributed by atoms with van der Waals surface area (Å²) in [6.07, 6.45) is 0.895. The fraction of sp³-hybridized carbons (Fsp3) is 0.294. The van der Waals surface area contributed by atoms with Crippen molar-refractivity contribution in [3.05, 3.63) is 59.7 Å². The molecule has 2 aromatic carbocycles. The van der Waals surface area contributed by atoms with Gasteiger partial charge < -0.3 is 10.6 Å². The molecule has 0 heterocycles. The standard InChI is InChI=1S/C17H22N2/c1-13-8-4-6-10-16(13)19(3)17-11-7-5-9-15(17)12-14(2)18/h4-11,14H,12,18H2,1-3H3. The van der Waals surface area contributed by atoms with Gasteiger partial charge in [-0.15, -0.1) is 0 Å². The van der Waals surface area contributed by atoms with Crippen LogP contribution in [-0.2, 0) is 6.42 Å². The molecule has 0 fully saturated rings. The van der Waals surface area contributed by atoms with Gasteiger partial charge in [0, 0.05) is 24.5 Å². The fourth-order valence-corrected chi connectivity index (χ4v) is 2.43. The molecule has 0 spiro atoms. The van der Waals surface area contributed by atoms with Crippen LogP contribution in [0.1, 0.15) is 18.1 Å². The monoisotopic (exact) mass is 254 g/mol. The summed E-state index contributed by atoms with van der Waals surface area (Å²) in [5.74, 6) is 0. The van der Waals surface area contributed by atoms with E-state index in [9.17, 15) is 0 Å². The van der Waals surface area contributed by atoms with Crippen molar-refractivity contribution in [2.24, 2.45) is 5.73 Å². The maximum atomic E-state index is 5.94. The van der Waals surface area contributed by atoms with Gasteiger partial charge in [-0.1, -0.05) is 36.4 Å². The van der Waals surface area contributed by atoms with Crippen LogP contribution >= 0.6 is 0 Å². The predicted molar refractivity (Wildman–Crippen MR) is 83.0 cm³/mol. The van der Waals surface area contributed by atoms with Gasteiger partial charge in [-0.25, -0.2) is 0 Å². The molecule has 0 aliphatic carbocycles. The van der Waals surface area contributed by atoms with E-state index in [1.807, 2.05) is 6.92 Å². The van der Waals surface area contributed by atoms with Crippen molar-refractivity contribution in [1.29, 1.82) is 0 Å². The zero-order valence-electron chi connectivity index (χ0n) is 11.9. The first-order valence-electron chi connectivity index (χ1n) is 6.72. The summed E-state index contributed by atoms with van der Waals surface area (Å²) in [7, 11) is 2.11. The minimum Gasteiger partial charge on any atom is -0.344 e. The lowest BCUT2D eigenvalue weighted by molar-refractivity contribution is 0.737. The predicted octanol–water partition coefficient (Wildman–Crippen LogP) is 3.65. The quantitative estimate of drug-likeness (QED) is 0.902. The summed E-state index contributed by atoms with van der Waals surface area (Å²) in [5, 5.41) is 0. The molecule has 19 heavy (non-hydrogen) atoms. The maximum Gasteiger partial charge on any atom is 0.0441 e. The lowest BCUT2D eigenvalue weighted by Gasteiger charge is -2.25. The average molecular weight is 254 g/mol. The number of para-hydroxylation sites is 2. The van der Waals surface area contributed by atoms with Crippen molar-refractivity contribution < 1.29 is 0 Å². The van der Waals surface area contributed by atoms with Gasteiger partial charge in [0.05, 0.1) is 0 Å². The van der Waals surface area contributed by atoms with E-state index in [0.29, 0.717) is 0 Å². The van der Waals surface area contributed by atoms with E-state index in [1.165, 1.54) is 22.5 Å². The van der Waals surface area contributed by atoms with E-state index in [2.05, 4.69) is 67.4 Å². The Hall–Kier alpha value is -1.80. The summed E-state index contributed by atoms with van der Waals surface area (Å²) in [4.78, 5) is 2.24. The number of hydrogen-bond donors (Lipinski definition) is 1. The molecule has 1 atom stereocenters. The molecule has 1 unspecified atom stereocenters. The van der Waals surface area contributed by atoms with E-state index in [-0.39, 0.29) is 6.04 Å². The molecule has 2 aromatic rings. The summed E-state index contributed by atoms with van der Waals surface area (Å²) < 4.78 is 0. The van der Waals surface area contributed by atoms with E-state index in [1.54, 1.807) is 0 Å². The number of hydrogen-bond acceptors (Lipinski definition) is 2. The summed E-state index contributed by atoms with van der Waals surface area (Å²) >= 11 is 0. The maximum absolute atomic E-state index is 5.94. The highest BCUT2D eigenvalue weighted by atomic mass is 15.1. The zero-order chi connectivity index (χ0) is 13.8. The molecule has 2 N–H and O–H groups in total. The summed E-state index contributed by atoms with van der Waals surface area (Å²) in [5.41, 5.74) is 11.0. The first-order valence-corrected chi connectivity index (χ1v) is 6.72. The second-order valence-electron chi connectivity index (χ2n) is 5.16. The van der Waals surface area contributed by atoms with Crippen molar-refractivity contribution in [3.8, 4) is 0 Å². The lowest BCUT2D eigenvalue weighted by atomic mass is 10.0. The largest absolute Gasteiger partial charge is 0.344 e. The Morgan fingerprint density at radius 2 is 1.58 bits per heavy atom. The SMILES string of the molecule is Cc1ccccc1N(C)c1ccccc1CC(C)N. The van der Waals surface area contributed by atoms with Gasteiger partial charge in [0.25, 0.3) is 0 Å². The Kier molecular flexibility index (Phi) is 4.23. The van der Waals surface area contributed by atoms with Gasteiger partial charge in [0.2, 0.25) is 0 Å². The van der Waals surface area contributed by atoms with Gasteiger partial charge in [-0.3, -0.25) is 0 Å². The molecule has 2 nitrogen and oxygen atoms in total. The second kappa shape index (κ2) is 5.89. The Morgan fingerprint density at radius 1 is 1.00 bits per heavy atom. The molecule has 0 amide bonds. The van der Waals surface area contributed by atoms with Crippen molar-refractivity contribution in [2.45, 2.75) is 26.3 Å². The van der Waals surface area contributed by atoms with Gasteiger partial charge in [0.15, 0.2) is 0 Å². The second-order valence-corrected chi connectivity index (χ2v) is 5.16. The van der Waals surface area contributed by atoms with Gasteiger partial charge in [-0.05, 0) is 43.5 Å². The van der Waals surface area contributed by atoms with Crippen molar-refractivity contribution in [1.82, 2.24) is 0 Å². The van der Waals surface area contributed by atoms with Crippen LogP contribution in [0.25, 0.3) is 0 Å². The molecule has 0 aliphatic heterocycles. The van der Waals surface area contributed by atoms with Crippen LogP contribution in [-0.4, -0.2) is 13.1 Å². The van der Waals surface area contributed by atoms with Crippen molar-refractivity contribution in [3.63, 3.8) is 0 Å². The van der Waals surface area contributed by atoms with Crippen LogP contribution < -0.4 is 10.6 Å². The van der Waals surface area contributed by atoms with Gasteiger partial charge in [-0.2, -0.15) is 0 Å². The van der Waals surface area contributed by atoms with Crippen LogP contribution in [0.15, 0.2) is 48.5 Å². The number of rotatable bonds is 4.